The molecule has 5 nitrogen and oxygen atoms in total. The van der Waals surface area contributed by atoms with E-state index in [0.717, 1.165) is 82.0 Å². The molecule has 0 atom stereocenters. The third kappa shape index (κ3) is 5.43. The van der Waals surface area contributed by atoms with Crippen LogP contribution in [0.2, 0.25) is 0 Å². The van der Waals surface area contributed by atoms with Gasteiger partial charge in [0.1, 0.15) is 11.6 Å². The van der Waals surface area contributed by atoms with Crippen LogP contribution in [-0.4, -0.2) is 50.3 Å². The van der Waals surface area contributed by atoms with Crippen molar-refractivity contribution in [2.75, 3.05) is 44.8 Å². The van der Waals surface area contributed by atoms with Gasteiger partial charge in [0.05, 0.1) is 25.2 Å². The molecule has 6 heteroatoms. The first-order valence-corrected chi connectivity index (χ1v) is 11.3. The fourth-order valence-corrected chi connectivity index (χ4v) is 4.58. The van der Waals surface area contributed by atoms with Crippen molar-refractivity contribution in [3.63, 3.8) is 0 Å². The number of halogens is 1. The van der Waals surface area contributed by atoms with Crippen molar-refractivity contribution in [2.45, 2.75) is 37.5 Å². The number of hydrogen-bond acceptors (Lipinski definition) is 4. The van der Waals surface area contributed by atoms with Gasteiger partial charge >= 0.3 is 0 Å². The minimum absolute atomic E-state index is 0.0178. The molecule has 1 saturated heterocycles. The van der Waals surface area contributed by atoms with Gasteiger partial charge in [-0.25, -0.2) is 4.39 Å². The van der Waals surface area contributed by atoms with Crippen LogP contribution in [0.15, 0.2) is 48.5 Å². The number of amides is 1. The molecule has 1 saturated carbocycles. The molecule has 0 aromatic heterocycles. The lowest BCUT2D eigenvalue weighted by Crippen LogP contribution is -2.38. The number of carbonyl (C=O) groups is 1. The van der Waals surface area contributed by atoms with E-state index in [9.17, 15) is 9.18 Å². The van der Waals surface area contributed by atoms with Crippen molar-refractivity contribution in [1.29, 1.82) is 0 Å². The van der Waals surface area contributed by atoms with E-state index in [0.29, 0.717) is 6.61 Å². The monoisotopic (exact) mass is 426 g/mol. The second-order valence-corrected chi connectivity index (χ2v) is 8.43. The SMILES string of the molecule is O=C(Nc1ccc(OCCCN2CCOCC2)cc1)C1(c2ccc(F)cc2)CCCC1. The molecule has 1 aliphatic heterocycles. The Bertz CT molecular complexity index is 842. The quantitative estimate of drug-likeness (QED) is 0.637. The van der Waals surface area contributed by atoms with E-state index in [1.807, 2.05) is 24.3 Å². The molecule has 1 N–H and O–H groups in total. The molecule has 0 unspecified atom stereocenters. The topological polar surface area (TPSA) is 50.8 Å². The predicted molar refractivity (Wildman–Crippen MR) is 119 cm³/mol. The molecule has 2 aromatic rings. The maximum Gasteiger partial charge on any atom is 0.235 e. The number of nitrogens with one attached hydrogen (secondary N) is 1. The Kier molecular flexibility index (Phi) is 7.20. The van der Waals surface area contributed by atoms with Crippen molar-refractivity contribution in [3.05, 3.63) is 59.9 Å². The molecular weight excluding hydrogens is 395 g/mol. The maximum absolute atomic E-state index is 13.4. The van der Waals surface area contributed by atoms with Crippen molar-refractivity contribution in [1.82, 2.24) is 4.90 Å². The molecule has 166 valence electrons. The molecular formula is C25H31FN2O3. The molecule has 0 bridgehead atoms. The summed E-state index contributed by atoms with van der Waals surface area (Å²) >= 11 is 0. The first-order chi connectivity index (χ1) is 15.2. The summed E-state index contributed by atoms with van der Waals surface area (Å²) in [5, 5.41) is 3.07. The number of ether oxygens (including phenoxy) is 2. The van der Waals surface area contributed by atoms with Gasteiger partial charge in [-0.05, 0) is 61.2 Å². The maximum atomic E-state index is 13.4. The lowest BCUT2D eigenvalue weighted by Gasteiger charge is -2.28. The smallest absolute Gasteiger partial charge is 0.235 e. The van der Waals surface area contributed by atoms with Crippen LogP contribution in [0, 0.1) is 5.82 Å². The third-order valence-electron chi connectivity index (χ3n) is 6.39. The molecule has 2 aromatic carbocycles. The number of morpholine rings is 1. The van der Waals surface area contributed by atoms with Crippen molar-refractivity contribution in [3.8, 4) is 5.75 Å². The zero-order chi connectivity index (χ0) is 21.5. The van der Waals surface area contributed by atoms with E-state index in [1.165, 1.54) is 12.1 Å². The van der Waals surface area contributed by atoms with E-state index < -0.39 is 5.41 Å². The fourth-order valence-electron chi connectivity index (χ4n) is 4.58. The second kappa shape index (κ2) is 10.2. The number of benzene rings is 2. The van der Waals surface area contributed by atoms with Crippen molar-refractivity contribution < 1.29 is 18.7 Å². The standard InChI is InChI=1S/C25H31FN2O3/c26-21-6-4-20(5-7-21)25(12-1-2-13-25)24(29)27-22-8-10-23(11-9-22)31-17-3-14-28-15-18-30-19-16-28/h4-11H,1-3,12-19H2,(H,27,29). The summed E-state index contributed by atoms with van der Waals surface area (Å²) in [4.78, 5) is 15.6. The molecule has 2 aliphatic rings. The summed E-state index contributed by atoms with van der Waals surface area (Å²) in [7, 11) is 0. The fraction of sp³-hybridized carbons (Fsp3) is 0.480. The number of carbonyl (C=O) groups excluding carboxylic acids is 1. The Morgan fingerprint density at radius 1 is 1.03 bits per heavy atom. The lowest BCUT2D eigenvalue weighted by molar-refractivity contribution is -0.121. The van der Waals surface area contributed by atoms with E-state index >= 15 is 0 Å². The number of nitrogens with zero attached hydrogens (tertiary/aromatic N) is 1. The minimum Gasteiger partial charge on any atom is -0.494 e. The highest BCUT2D eigenvalue weighted by atomic mass is 19.1. The molecule has 31 heavy (non-hydrogen) atoms. The average molecular weight is 427 g/mol. The van der Waals surface area contributed by atoms with E-state index in [1.54, 1.807) is 12.1 Å². The number of rotatable bonds is 8. The number of hydrogen-bond donors (Lipinski definition) is 1. The highest BCUT2D eigenvalue weighted by Gasteiger charge is 2.42. The summed E-state index contributed by atoms with van der Waals surface area (Å²) < 4.78 is 24.6. The Morgan fingerprint density at radius 3 is 2.39 bits per heavy atom. The zero-order valence-corrected chi connectivity index (χ0v) is 17.9. The Balaban J connectivity index is 1.30. The molecule has 2 fully saturated rings. The van der Waals surface area contributed by atoms with Crippen molar-refractivity contribution in [2.24, 2.45) is 0 Å². The summed E-state index contributed by atoms with van der Waals surface area (Å²) in [5.74, 6) is 0.503. The van der Waals surface area contributed by atoms with Crippen LogP contribution in [0.1, 0.15) is 37.7 Å². The lowest BCUT2D eigenvalue weighted by atomic mass is 9.78. The zero-order valence-electron chi connectivity index (χ0n) is 17.9. The summed E-state index contributed by atoms with van der Waals surface area (Å²) in [6.45, 7) is 5.30. The van der Waals surface area contributed by atoms with E-state index in [2.05, 4.69) is 10.2 Å². The van der Waals surface area contributed by atoms with E-state index in [4.69, 9.17) is 9.47 Å². The van der Waals surface area contributed by atoms with Crippen LogP contribution in [0.5, 0.6) is 5.75 Å². The Labute approximate surface area is 183 Å². The Hall–Kier alpha value is -2.44. The van der Waals surface area contributed by atoms with Crippen molar-refractivity contribution >= 4 is 11.6 Å². The largest absolute Gasteiger partial charge is 0.494 e. The Morgan fingerprint density at radius 2 is 1.71 bits per heavy atom. The van der Waals surface area contributed by atoms with Gasteiger partial charge in [-0.15, -0.1) is 0 Å². The van der Waals surface area contributed by atoms with Gasteiger partial charge in [0.25, 0.3) is 0 Å². The molecule has 1 aliphatic carbocycles. The summed E-state index contributed by atoms with van der Waals surface area (Å²) in [5.41, 5.74) is 1.06. The van der Waals surface area contributed by atoms with Gasteiger partial charge in [-0.2, -0.15) is 0 Å². The highest BCUT2D eigenvalue weighted by Crippen LogP contribution is 2.42. The highest BCUT2D eigenvalue weighted by molar-refractivity contribution is 5.99. The average Bonchev–Trinajstić information content (AvgIpc) is 3.30. The number of anilines is 1. The predicted octanol–water partition coefficient (Wildman–Crippen LogP) is 4.38. The molecule has 1 amide bonds. The molecule has 0 spiro atoms. The van der Waals surface area contributed by atoms with Crippen LogP contribution >= 0.6 is 0 Å². The van der Waals surface area contributed by atoms with Crippen LogP contribution in [0.3, 0.4) is 0 Å². The van der Waals surface area contributed by atoms with Gasteiger partial charge in [-0.1, -0.05) is 25.0 Å². The van der Waals surface area contributed by atoms with Gasteiger partial charge in [0, 0.05) is 25.3 Å². The molecule has 0 radical (unpaired) electrons. The summed E-state index contributed by atoms with van der Waals surface area (Å²) in [6, 6.07) is 13.9. The second-order valence-electron chi connectivity index (χ2n) is 8.43. The minimum atomic E-state index is -0.581. The van der Waals surface area contributed by atoms with Crippen LogP contribution < -0.4 is 10.1 Å². The third-order valence-corrected chi connectivity index (χ3v) is 6.39. The van der Waals surface area contributed by atoms with E-state index in [-0.39, 0.29) is 11.7 Å². The van der Waals surface area contributed by atoms with Gasteiger partial charge < -0.3 is 14.8 Å². The van der Waals surface area contributed by atoms with Crippen LogP contribution in [0.4, 0.5) is 10.1 Å². The normalized spacial score (nSPS) is 18.6. The van der Waals surface area contributed by atoms with Gasteiger partial charge in [-0.3, -0.25) is 9.69 Å². The van der Waals surface area contributed by atoms with Gasteiger partial charge in [0.2, 0.25) is 5.91 Å². The molecule has 1 heterocycles. The summed E-state index contributed by atoms with van der Waals surface area (Å²) in [6.07, 6.45) is 4.55. The van der Waals surface area contributed by atoms with Crippen LogP contribution in [0.25, 0.3) is 0 Å². The first kappa shape index (κ1) is 21.8. The molecule has 4 rings (SSSR count). The van der Waals surface area contributed by atoms with Gasteiger partial charge in [0.15, 0.2) is 0 Å². The first-order valence-electron chi connectivity index (χ1n) is 11.3. The van der Waals surface area contributed by atoms with Crippen LogP contribution in [-0.2, 0) is 14.9 Å².